The second-order valence-electron chi connectivity index (χ2n) is 4.82. The molecule has 1 aromatic carbocycles. The molecular formula is C14H20N2O2S. The van der Waals surface area contributed by atoms with Gasteiger partial charge in [-0.05, 0) is 30.7 Å². The molecule has 2 atom stereocenters. The van der Waals surface area contributed by atoms with Crippen LogP contribution in [0.4, 0.5) is 5.69 Å². The molecule has 1 fully saturated rings. The maximum absolute atomic E-state index is 5.68. The Morgan fingerprint density at radius 3 is 2.26 bits per heavy atom. The first-order chi connectivity index (χ1) is 9.06. The number of anilines is 1. The van der Waals surface area contributed by atoms with Crippen LogP contribution in [0, 0.1) is 6.92 Å². The van der Waals surface area contributed by atoms with Crippen LogP contribution in [0.5, 0.6) is 0 Å². The summed E-state index contributed by atoms with van der Waals surface area (Å²) >= 11 is 5.03. The fraction of sp³-hybridized carbons (Fsp3) is 0.500. The number of thiocarbonyl (C=S) groups is 1. The molecule has 0 spiro atoms. The van der Waals surface area contributed by atoms with Crippen molar-refractivity contribution in [3.05, 3.63) is 29.3 Å². The average molecular weight is 280 g/mol. The van der Waals surface area contributed by atoms with E-state index in [1.54, 1.807) is 14.2 Å². The van der Waals surface area contributed by atoms with E-state index < -0.39 is 0 Å². The van der Waals surface area contributed by atoms with Gasteiger partial charge in [-0.1, -0.05) is 12.2 Å². The van der Waals surface area contributed by atoms with Gasteiger partial charge in [0.25, 0.3) is 0 Å². The van der Waals surface area contributed by atoms with Crippen molar-refractivity contribution in [2.24, 2.45) is 5.73 Å². The van der Waals surface area contributed by atoms with Crippen LogP contribution in [-0.4, -0.2) is 44.5 Å². The zero-order valence-corrected chi connectivity index (χ0v) is 12.4. The monoisotopic (exact) mass is 280 g/mol. The molecule has 1 aromatic rings. The average Bonchev–Trinajstić information content (AvgIpc) is 2.81. The number of benzene rings is 1. The summed E-state index contributed by atoms with van der Waals surface area (Å²) in [6, 6.07) is 6.14. The first-order valence-corrected chi connectivity index (χ1v) is 6.68. The molecule has 104 valence electrons. The van der Waals surface area contributed by atoms with Crippen molar-refractivity contribution >= 4 is 22.9 Å². The topological polar surface area (TPSA) is 47.7 Å². The van der Waals surface area contributed by atoms with Gasteiger partial charge in [0, 0.05) is 38.6 Å². The molecule has 0 amide bonds. The number of ether oxygens (including phenoxy) is 2. The van der Waals surface area contributed by atoms with E-state index in [4.69, 9.17) is 27.4 Å². The number of methoxy groups -OCH3 is 2. The molecule has 0 saturated carbocycles. The fourth-order valence-electron chi connectivity index (χ4n) is 2.53. The van der Waals surface area contributed by atoms with Crippen molar-refractivity contribution < 1.29 is 9.47 Å². The Hall–Kier alpha value is -1.17. The first kappa shape index (κ1) is 14.2. The Kier molecular flexibility index (Phi) is 4.39. The van der Waals surface area contributed by atoms with E-state index in [0.717, 1.165) is 29.9 Å². The highest BCUT2D eigenvalue weighted by Crippen LogP contribution is 2.25. The van der Waals surface area contributed by atoms with Crippen LogP contribution in [-0.2, 0) is 9.47 Å². The van der Waals surface area contributed by atoms with Gasteiger partial charge < -0.3 is 20.1 Å². The molecular weight excluding hydrogens is 260 g/mol. The summed E-state index contributed by atoms with van der Waals surface area (Å²) in [5.74, 6) is 0. The van der Waals surface area contributed by atoms with E-state index in [-0.39, 0.29) is 12.2 Å². The van der Waals surface area contributed by atoms with Gasteiger partial charge in [0.15, 0.2) is 0 Å². The van der Waals surface area contributed by atoms with Crippen molar-refractivity contribution in [3.8, 4) is 0 Å². The van der Waals surface area contributed by atoms with Crippen molar-refractivity contribution in [3.63, 3.8) is 0 Å². The maximum atomic E-state index is 5.68. The second-order valence-corrected chi connectivity index (χ2v) is 5.26. The number of nitrogens with two attached hydrogens (primary N) is 1. The molecule has 0 aliphatic carbocycles. The second kappa shape index (κ2) is 5.86. The molecule has 0 aromatic heterocycles. The summed E-state index contributed by atoms with van der Waals surface area (Å²) < 4.78 is 10.9. The van der Waals surface area contributed by atoms with Gasteiger partial charge in [-0.2, -0.15) is 0 Å². The summed E-state index contributed by atoms with van der Waals surface area (Å²) in [5.41, 5.74) is 8.87. The van der Waals surface area contributed by atoms with E-state index in [1.165, 1.54) is 0 Å². The minimum atomic E-state index is 0.112. The third-order valence-corrected chi connectivity index (χ3v) is 3.88. The normalized spacial score (nSPS) is 22.8. The van der Waals surface area contributed by atoms with Crippen molar-refractivity contribution in [1.29, 1.82) is 0 Å². The molecule has 19 heavy (non-hydrogen) atoms. The van der Waals surface area contributed by atoms with Gasteiger partial charge in [-0.25, -0.2) is 0 Å². The molecule has 1 heterocycles. The molecule has 0 bridgehead atoms. The maximum Gasteiger partial charge on any atom is 0.104 e. The Labute approximate surface area is 119 Å². The molecule has 1 aliphatic rings. The minimum Gasteiger partial charge on any atom is -0.389 e. The molecule has 4 nitrogen and oxygen atoms in total. The molecule has 1 saturated heterocycles. The van der Waals surface area contributed by atoms with Crippen molar-refractivity contribution in [2.45, 2.75) is 19.1 Å². The SMILES string of the molecule is COC1CN(c2ccc(C(N)=S)c(C)c2)CC1OC. The Bertz CT molecular complexity index is 467. The quantitative estimate of drug-likeness (QED) is 0.847. The molecule has 5 heteroatoms. The summed E-state index contributed by atoms with van der Waals surface area (Å²) in [6.45, 7) is 3.69. The third kappa shape index (κ3) is 2.88. The lowest BCUT2D eigenvalue weighted by Crippen LogP contribution is -2.27. The number of hydrogen-bond donors (Lipinski definition) is 1. The van der Waals surface area contributed by atoms with Crippen LogP contribution in [0.3, 0.4) is 0 Å². The van der Waals surface area contributed by atoms with Crippen LogP contribution in [0.2, 0.25) is 0 Å². The largest absolute Gasteiger partial charge is 0.389 e. The number of rotatable bonds is 4. The first-order valence-electron chi connectivity index (χ1n) is 6.27. The fourth-order valence-corrected chi connectivity index (χ4v) is 2.76. The van der Waals surface area contributed by atoms with E-state index in [1.807, 2.05) is 19.1 Å². The van der Waals surface area contributed by atoms with Gasteiger partial charge >= 0.3 is 0 Å². The predicted molar refractivity (Wildman–Crippen MR) is 80.9 cm³/mol. The lowest BCUT2D eigenvalue weighted by molar-refractivity contribution is -0.00461. The summed E-state index contributed by atoms with van der Waals surface area (Å²) in [4.78, 5) is 2.70. The molecule has 2 N–H and O–H groups in total. The van der Waals surface area contributed by atoms with E-state index >= 15 is 0 Å². The molecule has 1 aliphatic heterocycles. The van der Waals surface area contributed by atoms with E-state index in [0.29, 0.717) is 4.99 Å². The predicted octanol–water partition coefficient (Wildman–Crippen LogP) is 1.48. The number of nitrogens with zero attached hydrogens (tertiary/aromatic N) is 1. The van der Waals surface area contributed by atoms with Gasteiger partial charge in [0.1, 0.15) is 17.2 Å². The highest BCUT2D eigenvalue weighted by atomic mass is 32.1. The Morgan fingerprint density at radius 2 is 1.84 bits per heavy atom. The summed E-state index contributed by atoms with van der Waals surface area (Å²) in [5, 5.41) is 0. The molecule has 2 unspecified atom stereocenters. The van der Waals surface area contributed by atoms with Crippen LogP contribution >= 0.6 is 12.2 Å². The van der Waals surface area contributed by atoms with Crippen LogP contribution in [0.1, 0.15) is 11.1 Å². The summed E-state index contributed by atoms with van der Waals surface area (Å²) in [7, 11) is 3.45. The van der Waals surface area contributed by atoms with Crippen LogP contribution in [0.15, 0.2) is 18.2 Å². The lowest BCUT2D eigenvalue weighted by Gasteiger charge is -2.19. The van der Waals surface area contributed by atoms with E-state index in [2.05, 4.69) is 11.0 Å². The standard InChI is InChI=1S/C14H20N2O2S/c1-9-6-10(4-5-11(9)14(15)19)16-7-12(17-2)13(8-16)18-3/h4-6,12-13H,7-8H2,1-3H3,(H2,15,19). The van der Waals surface area contributed by atoms with Crippen LogP contribution in [0.25, 0.3) is 0 Å². The van der Waals surface area contributed by atoms with E-state index in [9.17, 15) is 0 Å². The zero-order chi connectivity index (χ0) is 14.0. The minimum absolute atomic E-state index is 0.112. The smallest absolute Gasteiger partial charge is 0.104 e. The van der Waals surface area contributed by atoms with Crippen LogP contribution < -0.4 is 10.6 Å². The van der Waals surface area contributed by atoms with Gasteiger partial charge in [-0.3, -0.25) is 0 Å². The molecule has 2 rings (SSSR count). The Balaban J connectivity index is 2.20. The number of aryl methyl sites for hydroxylation is 1. The van der Waals surface area contributed by atoms with Crippen molar-refractivity contribution in [2.75, 3.05) is 32.2 Å². The summed E-state index contributed by atoms with van der Waals surface area (Å²) in [6.07, 6.45) is 0.223. The van der Waals surface area contributed by atoms with Crippen molar-refractivity contribution in [1.82, 2.24) is 0 Å². The van der Waals surface area contributed by atoms with Gasteiger partial charge in [0.2, 0.25) is 0 Å². The molecule has 0 radical (unpaired) electrons. The zero-order valence-electron chi connectivity index (χ0n) is 11.6. The highest BCUT2D eigenvalue weighted by molar-refractivity contribution is 7.80. The van der Waals surface area contributed by atoms with Gasteiger partial charge in [0.05, 0.1) is 0 Å². The van der Waals surface area contributed by atoms with Gasteiger partial charge in [-0.15, -0.1) is 0 Å². The third-order valence-electron chi connectivity index (χ3n) is 3.66. The highest BCUT2D eigenvalue weighted by Gasteiger charge is 2.33. The number of hydrogen-bond acceptors (Lipinski definition) is 4. The lowest BCUT2D eigenvalue weighted by atomic mass is 10.1. The Morgan fingerprint density at radius 1 is 1.26 bits per heavy atom.